The Morgan fingerprint density at radius 1 is 1.64 bits per heavy atom. The minimum Gasteiger partial charge on any atom is -0.393 e. The van der Waals surface area contributed by atoms with Crippen LogP contribution in [0.2, 0.25) is 0 Å². The molecule has 0 atom stereocenters. The number of rotatable bonds is 3. The molecule has 1 aromatic rings. The van der Waals surface area contributed by atoms with E-state index in [0.717, 1.165) is 12.8 Å². The second kappa shape index (κ2) is 3.70. The first kappa shape index (κ1) is 9.07. The number of aliphatic hydroxyl groups is 1. The Hall–Kier alpha value is -1.50. The highest BCUT2D eigenvalue weighted by Gasteiger charge is 2.27. The lowest BCUT2D eigenvalue weighted by Crippen LogP contribution is -2.38. The van der Waals surface area contributed by atoms with E-state index in [2.05, 4.69) is 25.9 Å². The van der Waals surface area contributed by atoms with Gasteiger partial charge in [-0.2, -0.15) is 5.21 Å². The topological polar surface area (TPSA) is 104 Å². The molecule has 14 heavy (non-hydrogen) atoms. The molecule has 7 heteroatoms. The lowest BCUT2D eigenvalue weighted by Gasteiger charge is -2.31. The molecule has 2 rings (SSSR count). The molecule has 0 aliphatic heterocycles. The Morgan fingerprint density at radius 3 is 3.00 bits per heavy atom. The predicted molar refractivity (Wildman–Crippen MR) is 45.2 cm³/mol. The third kappa shape index (κ3) is 1.87. The summed E-state index contributed by atoms with van der Waals surface area (Å²) in [6, 6.07) is 0. The van der Waals surface area contributed by atoms with Crippen LogP contribution in [0.15, 0.2) is 0 Å². The summed E-state index contributed by atoms with van der Waals surface area (Å²) >= 11 is 0. The van der Waals surface area contributed by atoms with E-state index in [9.17, 15) is 4.79 Å². The Bertz CT molecular complexity index is 306. The molecule has 1 saturated carbocycles. The fourth-order valence-electron chi connectivity index (χ4n) is 1.44. The van der Waals surface area contributed by atoms with E-state index in [4.69, 9.17) is 5.11 Å². The molecule has 0 spiro atoms. The molecule has 0 aromatic carbocycles. The predicted octanol–water partition coefficient (Wildman–Crippen LogP) is -1.30. The van der Waals surface area contributed by atoms with Crippen LogP contribution < -0.4 is 5.32 Å². The zero-order valence-corrected chi connectivity index (χ0v) is 7.47. The summed E-state index contributed by atoms with van der Waals surface area (Å²) in [6.45, 7) is 0.560. The number of aromatic amines is 1. The van der Waals surface area contributed by atoms with E-state index in [1.807, 2.05) is 0 Å². The number of tetrazole rings is 1. The van der Waals surface area contributed by atoms with E-state index in [1.54, 1.807) is 0 Å². The van der Waals surface area contributed by atoms with Crippen LogP contribution >= 0.6 is 0 Å². The Labute approximate surface area is 79.9 Å². The molecule has 0 saturated heterocycles. The van der Waals surface area contributed by atoms with Gasteiger partial charge in [0.2, 0.25) is 0 Å². The molecular weight excluding hydrogens is 186 g/mol. The molecule has 1 aliphatic carbocycles. The van der Waals surface area contributed by atoms with E-state index in [1.165, 1.54) is 0 Å². The maximum Gasteiger partial charge on any atom is 0.292 e. The number of carbonyl (C=O) groups excluding carboxylic acids is 1. The normalized spacial score (nSPS) is 25.5. The molecule has 1 aromatic heterocycles. The highest BCUT2D eigenvalue weighted by atomic mass is 16.3. The summed E-state index contributed by atoms with van der Waals surface area (Å²) in [4.78, 5) is 11.3. The fraction of sp³-hybridized carbons (Fsp3) is 0.714. The van der Waals surface area contributed by atoms with Gasteiger partial charge in [-0.05, 0) is 24.0 Å². The zero-order valence-electron chi connectivity index (χ0n) is 7.47. The number of aromatic nitrogens is 4. The van der Waals surface area contributed by atoms with Crippen molar-refractivity contribution in [2.75, 3.05) is 6.54 Å². The molecule has 0 bridgehead atoms. The first-order chi connectivity index (χ1) is 6.75. The number of nitrogens with zero attached hydrogens (tertiary/aromatic N) is 3. The van der Waals surface area contributed by atoms with Crippen LogP contribution in [0.1, 0.15) is 23.5 Å². The van der Waals surface area contributed by atoms with Gasteiger partial charge in [-0.15, -0.1) is 10.2 Å². The molecule has 1 aliphatic rings. The lowest BCUT2D eigenvalue weighted by atomic mass is 9.82. The molecule has 1 amide bonds. The maximum atomic E-state index is 11.3. The van der Waals surface area contributed by atoms with E-state index in [-0.39, 0.29) is 17.8 Å². The average molecular weight is 197 g/mol. The fourth-order valence-corrected chi connectivity index (χ4v) is 1.44. The Balaban J connectivity index is 1.74. The molecule has 7 nitrogen and oxygen atoms in total. The second-order valence-corrected chi connectivity index (χ2v) is 3.44. The SMILES string of the molecule is O=C(NCC1CC(O)C1)c1nn[nH]n1. The molecule has 76 valence electrons. The molecular formula is C7H11N5O2. The van der Waals surface area contributed by atoms with Crippen LogP contribution in [-0.2, 0) is 0 Å². The van der Waals surface area contributed by atoms with Crippen molar-refractivity contribution in [1.82, 2.24) is 25.9 Å². The first-order valence-corrected chi connectivity index (χ1v) is 4.45. The van der Waals surface area contributed by atoms with Gasteiger partial charge in [0.1, 0.15) is 0 Å². The number of nitrogens with one attached hydrogen (secondary N) is 2. The van der Waals surface area contributed by atoms with Gasteiger partial charge in [-0.3, -0.25) is 4.79 Å². The minimum atomic E-state index is -0.333. The van der Waals surface area contributed by atoms with E-state index in [0.29, 0.717) is 12.5 Å². The van der Waals surface area contributed by atoms with Gasteiger partial charge < -0.3 is 10.4 Å². The quantitative estimate of drug-likeness (QED) is 0.558. The minimum absolute atomic E-state index is 0.0462. The summed E-state index contributed by atoms with van der Waals surface area (Å²) in [7, 11) is 0. The van der Waals surface area contributed by atoms with Gasteiger partial charge in [-0.1, -0.05) is 0 Å². The average Bonchev–Trinajstić information content (AvgIpc) is 2.62. The van der Waals surface area contributed by atoms with Crippen molar-refractivity contribution in [2.24, 2.45) is 5.92 Å². The highest BCUT2D eigenvalue weighted by molar-refractivity contribution is 5.89. The number of hydrogen-bond acceptors (Lipinski definition) is 5. The summed E-state index contributed by atoms with van der Waals surface area (Å²) in [5, 5.41) is 24.3. The van der Waals surface area contributed by atoms with Gasteiger partial charge in [0.15, 0.2) is 0 Å². The molecule has 1 fully saturated rings. The summed E-state index contributed by atoms with van der Waals surface area (Å²) in [5.74, 6) is 0.0888. The zero-order chi connectivity index (χ0) is 9.97. The number of carbonyl (C=O) groups is 1. The number of hydrogen-bond donors (Lipinski definition) is 3. The third-order valence-electron chi connectivity index (χ3n) is 2.31. The van der Waals surface area contributed by atoms with Crippen molar-refractivity contribution >= 4 is 5.91 Å². The van der Waals surface area contributed by atoms with Gasteiger partial charge >= 0.3 is 0 Å². The van der Waals surface area contributed by atoms with Gasteiger partial charge in [0.25, 0.3) is 11.7 Å². The Morgan fingerprint density at radius 2 is 2.43 bits per heavy atom. The Kier molecular flexibility index (Phi) is 2.40. The van der Waals surface area contributed by atoms with Crippen LogP contribution in [0.3, 0.4) is 0 Å². The monoisotopic (exact) mass is 197 g/mol. The second-order valence-electron chi connectivity index (χ2n) is 3.44. The largest absolute Gasteiger partial charge is 0.393 e. The van der Waals surface area contributed by atoms with Crippen LogP contribution in [0, 0.1) is 5.92 Å². The third-order valence-corrected chi connectivity index (χ3v) is 2.31. The number of aliphatic hydroxyl groups excluding tert-OH is 1. The summed E-state index contributed by atoms with van der Waals surface area (Å²) in [5.41, 5.74) is 0. The molecule has 0 unspecified atom stereocenters. The van der Waals surface area contributed by atoms with E-state index >= 15 is 0 Å². The summed E-state index contributed by atoms with van der Waals surface area (Å²) < 4.78 is 0. The van der Waals surface area contributed by atoms with Gasteiger partial charge in [-0.25, -0.2) is 0 Å². The smallest absolute Gasteiger partial charge is 0.292 e. The maximum absolute atomic E-state index is 11.3. The van der Waals surface area contributed by atoms with Crippen LogP contribution in [0.5, 0.6) is 0 Å². The number of amides is 1. The van der Waals surface area contributed by atoms with Crippen molar-refractivity contribution < 1.29 is 9.90 Å². The number of H-pyrrole nitrogens is 1. The van der Waals surface area contributed by atoms with Crippen molar-refractivity contribution in [3.8, 4) is 0 Å². The van der Waals surface area contributed by atoms with Crippen LogP contribution in [0.25, 0.3) is 0 Å². The van der Waals surface area contributed by atoms with Crippen LogP contribution in [-0.4, -0.2) is 44.3 Å². The standard InChI is InChI=1S/C7H11N5O2/c13-5-1-4(2-5)3-8-7(14)6-9-11-12-10-6/h4-5,13H,1-3H2,(H,8,14)(H,9,10,11,12). The van der Waals surface area contributed by atoms with E-state index < -0.39 is 0 Å². The van der Waals surface area contributed by atoms with Crippen molar-refractivity contribution in [1.29, 1.82) is 0 Å². The first-order valence-electron chi connectivity index (χ1n) is 4.45. The van der Waals surface area contributed by atoms with Crippen molar-refractivity contribution in [3.63, 3.8) is 0 Å². The molecule has 3 N–H and O–H groups in total. The highest BCUT2D eigenvalue weighted by Crippen LogP contribution is 2.25. The van der Waals surface area contributed by atoms with Crippen molar-refractivity contribution in [3.05, 3.63) is 5.82 Å². The lowest BCUT2D eigenvalue weighted by molar-refractivity contribution is 0.0419. The van der Waals surface area contributed by atoms with Gasteiger partial charge in [0.05, 0.1) is 6.10 Å². The van der Waals surface area contributed by atoms with Crippen molar-refractivity contribution in [2.45, 2.75) is 18.9 Å². The molecule has 1 heterocycles. The van der Waals surface area contributed by atoms with Gasteiger partial charge in [0, 0.05) is 6.54 Å². The molecule has 0 radical (unpaired) electrons. The van der Waals surface area contributed by atoms with Crippen LogP contribution in [0.4, 0.5) is 0 Å². The summed E-state index contributed by atoms with van der Waals surface area (Å²) in [6.07, 6.45) is 1.32.